The van der Waals surface area contributed by atoms with E-state index in [2.05, 4.69) is 5.32 Å². The van der Waals surface area contributed by atoms with Crippen molar-refractivity contribution in [3.8, 4) is 0 Å². The van der Waals surface area contributed by atoms with Crippen LogP contribution in [0.3, 0.4) is 0 Å². The summed E-state index contributed by atoms with van der Waals surface area (Å²) in [4.78, 5) is 0. The lowest BCUT2D eigenvalue weighted by atomic mass is 10.1. The van der Waals surface area contributed by atoms with Crippen LogP contribution in [0.2, 0.25) is 5.02 Å². The molecule has 3 heteroatoms. The van der Waals surface area contributed by atoms with E-state index < -0.39 is 0 Å². The number of nitrogens with one attached hydrogen (secondary N) is 1. The van der Waals surface area contributed by atoms with Crippen LogP contribution in [0.25, 0.3) is 0 Å². The molecule has 2 aromatic rings. The van der Waals surface area contributed by atoms with Crippen LogP contribution >= 0.6 is 11.6 Å². The number of nitrogens with two attached hydrogens (primary N) is 1. The van der Waals surface area contributed by atoms with Crippen LogP contribution in [-0.4, -0.2) is 0 Å². The Hall–Kier alpha value is -1.67. The highest BCUT2D eigenvalue weighted by Gasteiger charge is 2.02. The van der Waals surface area contributed by atoms with Gasteiger partial charge in [-0.2, -0.15) is 0 Å². The molecule has 17 heavy (non-hydrogen) atoms. The number of halogens is 1. The Morgan fingerprint density at radius 1 is 1.06 bits per heavy atom. The van der Waals surface area contributed by atoms with Crippen LogP contribution in [0, 0.1) is 13.8 Å². The molecule has 0 bridgehead atoms. The van der Waals surface area contributed by atoms with Crippen molar-refractivity contribution < 1.29 is 0 Å². The third kappa shape index (κ3) is 2.71. The number of hydrogen-bond donors (Lipinski definition) is 2. The van der Waals surface area contributed by atoms with Crippen molar-refractivity contribution in [2.75, 3.05) is 11.1 Å². The minimum atomic E-state index is 0.712. The second-order valence-electron chi connectivity index (χ2n) is 4.18. The van der Waals surface area contributed by atoms with Crippen molar-refractivity contribution in [1.29, 1.82) is 0 Å². The van der Waals surface area contributed by atoms with Crippen molar-refractivity contribution in [1.82, 2.24) is 0 Å². The predicted molar refractivity (Wildman–Crippen MR) is 75.1 cm³/mol. The van der Waals surface area contributed by atoms with Crippen molar-refractivity contribution in [3.05, 3.63) is 52.5 Å². The van der Waals surface area contributed by atoms with Gasteiger partial charge in [0.15, 0.2) is 0 Å². The van der Waals surface area contributed by atoms with E-state index in [1.54, 1.807) is 0 Å². The van der Waals surface area contributed by atoms with E-state index in [4.69, 9.17) is 17.3 Å². The number of anilines is 3. The summed E-state index contributed by atoms with van der Waals surface area (Å²) in [5.74, 6) is 0. The molecule has 0 radical (unpaired) electrons. The van der Waals surface area contributed by atoms with E-state index in [9.17, 15) is 0 Å². The van der Waals surface area contributed by atoms with E-state index in [1.165, 1.54) is 0 Å². The molecule has 3 N–H and O–H groups in total. The van der Waals surface area contributed by atoms with Gasteiger partial charge in [-0.05, 0) is 49.2 Å². The third-order valence-electron chi connectivity index (χ3n) is 2.68. The minimum Gasteiger partial charge on any atom is -0.398 e. The summed E-state index contributed by atoms with van der Waals surface area (Å²) in [7, 11) is 0. The molecule has 0 atom stereocenters. The molecular weight excluding hydrogens is 232 g/mol. The number of aryl methyl sites for hydroxylation is 2. The lowest BCUT2D eigenvalue weighted by Crippen LogP contribution is -1.95. The maximum Gasteiger partial charge on any atom is 0.0643 e. The summed E-state index contributed by atoms with van der Waals surface area (Å²) in [5.41, 5.74) is 10.7. The van der Waals surface area contributed by atoms with Gasteiger partial charge >= 0.3 is 0 Å². The molecule has 0 heterocycles. The zero-order chi connectivity index (χ0) is 12.4. The lowest BCUT2D eigenvalue weighted by molar-refractivity contribution is 1.43. The second-order valence-corrected chi connectivity index (χ2v) is 4.59. The molecule has 0 saturated heterocycles. The first-order valence-electron chi connectivity index (χ1n) is 5.45. The summed E-state index contributed by atoms with van der Waals surface area (Å²) < 4.78 is 0. The number of rotatable bonds is 2. The average Bonchev–Trinajstić information content (AvgIpc) is 2.27. The molecular formula is C14H15ClN2. The van der Waals surface area contributed by atoms with E-state index >= 15 is 0 Å². The molecule has 0 aliphatic heterocycles. The van der Waals surface area contributed by atoms with Gasteiger partial charge in [0, 0.05) is 11.4 Å². The van der Waals surface area contributed by atoms with Gasteiger partial charge in [-0.15, -0.1) is 0 Å². The van der Waals surface area contributed by atoms with E-state index in [1.807, 2.05) is 50.2 Å². The molecule has 0 aliphatic rings. The zero-order valence-electron chi connectivity index (χ0n) is 9.92. The fourth-order valence-corrected chi connectivity index (χ4v) is 1.88. The number of nitrogen functional groups attached to an aromatic ring is 1. The summed E-state index contributed by atoms with van der Waals surface area (Å²) in [5, 5.41) is 3.97. The van der Waals surface area contributed by atoms with Crippen LogP contribution in [0.1, 0.15) is 11.1 Å². The normalized spacial score (nSPS) is 10.3. The topological polar surface area (TPSA) is 38.0 Å². The largest absolute Gasteiger partial charge is 0.398 e. The quantitative estimate of drug-likeness (QED) is 0.776. The molecule has 2 rings (SSSR count). The first kappa shape index (κ1) is 11.8. The van der Waals surface area contributed by atoms with Crippen molar-refractivity contribution in [2.45, 2.75) is 13.8 Å². The molecule has 0 amide bonds. The van der Waals surface area contributed by atoms with Gasteiger partial charge in [0.1, 0.15) is 0 Å². The summed E-state index contributed by atoms with van der Waals surface area (Å²) >= 11 is 6.16. The molecule has 0 aromatic heterocycles. The van der Waals surface area contributed by atoms with Crippen molar-refractivity contribution >= 4 is 28.7 Å². The van der Waals surface area contributed by atoms with Gasteiger partial charge < -0.3 is 11.1 Å². The maximum absolute atomic E-state index is 6.16. The SMILES string of the molecule is Cc1ccc(Nc2ccc(C)c(N)c2)c(Cl)c1. The smallest absolute Gasteiger partial charge is 0.0643 e. The summed E-state index contributed by atoms with van der Waals surface area (Å²) in [6, 6.07) is 11.8. The van der Waals surface area contributed by atoms with Crippen LogP contribution < -0.4 is 11.1 Å². The van der Waals surface area contributed by atoms with Gasteiger partial charge in [0.2, 0.25) is 0 Å². The van der Waals surface area contributed by atoms with Crippen LogP contribution in [0.4, 0.5) is 17.1 Å². The fraction of sp³-hybridized carbons (Fsp3) is 0.143. The Bertz CT molecular complexity index is 550. The number of benzene rings is 2. The van der Waals surface area contributed by atoms with Gasteiger partial charge in [-0.1, -0.05) is 23.7 Å². The monoisotopic (exact) mass is 246 g/mol. The molecule has 0 fully saturated rings. The minimum absolute atomic E-state index is 0.712. The molecule has 0 aliphatic carbocycles. The Balaban J connectivity index is 2.28. The third-order valence-corrected chi connectivity index (χ3v) is 3.00. The van der Waals surface area contributed by atoms with Crippen molar-refractivity contribution in [2.24, 2.45) is 0 Å². The molecule has 2 nitrogen and oxygen atoms in total. The van der Waals surface area contributed by atoms with Gasteiger partial charge in [-0.25, -0.2) is 0 Å². The van der Waals surface area contributed by atoms with E-state index in [0.29, 0.717) is 5.02 Å². The predicted octanol–water partition coefficient (Wildman–Crippen LogP) is 4.28. The lowest BCUT2D eigenvalue weighted by Gasteiger charge is -2.10. The summed E-state index contributed by atoms with van der Waals surface area (Å²) in [6.45, 7) is 4.00. The molecule has 0 saturated carbocycles. The Morgan fingerprint density at radius 2 is 1.82 bits per heavy atom. The molecule has 2 aromatic carbocycles. The van der Waals surface area contributed by atoms with Gasteiger partial charge in [0.05, 0.1) is 10.7 Å². The van der Waals surface area contributed by atoms with E-state index in [0.717, 1.165) is 28.2 Å². The molecule has 0 spiro atoms. The van der Waals surface area contributed by atoms with E-state index in [-0.39, 0.29) is 0 Å². The standard InChI is InChI=1S/C14H15ClN2/c1-9-3-6-14(12(15)7-9)17-11-5-4-10(2)13(16)8-11/h3-8,17H,16H2,1-2H3. The van der Waals surface area contributed by atoms with Crippen LogP contribution in [0.5, 0.6) is 0 Å². The van der Waals surface area contributed by atoms with Crippen LogP contribution in [-0.2, 0) is 0 Å². The fourth-order valence-electron chi connectivity index (χ4n) is 1.60. The van der Waals surface area contributed by atoms with Crippen molar-refractivity contribution in [3.63, 3.8) is 0 Å². The second kappa shape index (κ2) is 4.68. The summed E-state index contributed by atoms with van der Waals surface area (Å²) in [6.07, 6.45) is 0. The molecule has 0 unspecified atom stereocenters. The Kier molecular flexibility index (Phi) is 3.25. The first-order valence-corrected chi connectivity index (χ1v) is 5.83. The molecule has 88 valence electrons. The Morgan fingerprint density at radius 3 is 2.47 bits per heavy atom. The van der Waals surface area contributed by atoms with Gasteiger partial charge in [0.25, 0.3) is 0 Å². The van der Waals surface area contributed by atoms with Crippen LogP contribution in [0.15, 0.2) is 36.4 Å². The average molecular weight is 247 g/mol. The number of hydrogen-bond acceptors (Lipinski definition) is 2. The highest BCUT2D eigenvalue weighted by atomic mass is 35.5. The Labute approximate surface area is 106 Å². The highest BCUT2D eigenvalue weighted by molar-refractivity contribution is 6.33. The first-order chi connectivity index (χ1) is 8.06. The van der Waals surface area contributed by atoms with Gasteiger partial charge in [-0.3, -0.25) is 0 Å². The maximum atomic E-state index is 6.16. The zero-order valence-corrected chi connectivity index (χ0v) is 10.7. The highest BCUT2D eigenvalue weighted by Crippen LogP contribution is 2.27.